The van der Waals surface area contributed by atoms with E-state index in [4.69, 9.17) is 9.84 Å². The number of halogens is 4. The van der Waals surface area contributed by atoms with E-state index in [0.717, 1.165) is 6.07 Å². The van der Waals surface area contributed by atoms with Gasteiger partial charge >= 0.3 is 12.3 Å². The molecule has 1 aromatic rings. The fourth-order valence-corrected chi connectivity index (χ4v) is 1.97. The van der Waals surface area contributed by atoms with Crippen molar-refractivity contribution in [2.75, 3.05) is 7.11 Å². The number of hydrogen-bond acceptors (Lipinski definition) is 4. The maximum Gasteiger partial charge on any atom is 0.574 e. The van der Waals surface area contributed by atoms with Crippen LogP contribution in [0.25, 0.3) is 0 Å². The Balaban J connectivity index is 3.17. The maximum atomic E-state index is 12.0. The summed E-state index contributed by atoms with van der Waals surface area (Å²) in [5.41, 5.74) is -0.129. The summed E-state index contributed by atoms with van der Waals surface area (Å²) in [6, 6.07) is 1.01. The summed E-state index contributed by atoms with van der Waals surface area (Å²) in [6.45, 7) is 0. The molecule has 0 atom stereocenters. The minimum Gasteiger partial charge on any atom is -0.494 e. The molecule has 5 nitrogen and oxygen atoms in total. The first-order valence-electron chi connectivity index (χ1n) is 4.44. The SMILES string of the molecule is COc1c(I)cc(OC(F)(F)F)nc1CC(=O)O. The zero-order valence-electron chi connectivity index (χ0n) is 8.92. The number of pyridine rings is 1. The van der Waals surface area contributed by atoms with Crippen LogP contribution in [0.2, 0.25) is 0 Å². The Bertz CT molecular complexity index is 464. The van der Waals surface area contributed by atoms with Crippen LogP contribution in [-0.4, -0.2) is 29.5 Å². The lowest BCUT2D eigenvalue weighted by atomic mass is 10.2. The van der Waals surface area contributed by atoms with Crippen molar-refractivity contribution in [2.45, 2.75) is 12.8 Å². The van der Waals surface area contributed by atoms with E-state index in [0.29, 0.717) is 0 Å². The topological polar surface area (TPSA) is 68.7 Å². The van der Waals surface area contributed by atoms with E-state index in [9.17, 15) is 18.0 Å². The van der Waals surface area contributed by atoms with Gasteiger partial charge in [-0.3, -0.25) is 4.79 Å². The van der Waals surface area contributed by atoms with E-state index in [2.05, 4.69) is 9.72 Å². The average Bonchev–Trinajstić information content (AvgIpc) is 2.13. The van der Waals surface area contributed by atoms with Crippen molar-refractivity contribution in [1.82, 2.24) is 4.98 Å². The Morgan fingerprint density at radius 1 is 1.56 bits per heavy atom. The zero-order valence-corrected chi connectivity index (χ0v) is 11.1. The number of ether oxygens (including phenoxy) is 2. The molecule has 0 spiro atoms. The second-order valence-electron chi connectivity index (χ2n) is 3.04. The lowest BCUT2D eigenvalue weighted by molar-refractivity contribution is -0.276. The van der Waals surface area contributed by atoms with E-state index in [1.807, 2.05) is 0 Å². The van der Waals surface area contributed by atoms with Crippen molar-refractivity contribution in [3.63, 3.8) is 0 Å². The van der Waals surface area contributed by atoms with E-state index in [-0.39, 0.29) is 15.0 Å². The van der Waals surface area contributed by atoms with Gasteiger partial charge < -0.3 is 14.6 Å². The first kappa shape index (κ1) is 14.8. The molecule has 1 N–H and O–H groups in total. The van der Waals surface area contributed by atoms with Crippen LogP contribution in [0.4, 0.5) is 13.2 Å². The number of rotatable bonds is 4. The quantitative estimate of drug-likeness (QED) is 0.816. The Morgan fingerprint density at radius 3 is 2.61 bits per heavy atom. The van der Waals surface area contributed by atoms with Crippen LogP contribution in [0.15, 0.2) is 6.07 Å². The highest BCUT2D eigenvalue weighted by Crippen LogP contribution is 2.30. The molecule has 0 saturated carbocycles. The molecule has 0 aliphatic carbocycles. The van der Waals surface area contributed by atoms with E-state index >= 15 is 0 Å². The van der Waals surface area contributed by atoms with Gasteiger partial charge in [-0.2, -0.15) is 0 Å². The normalized spacial score (nSPS) is 11.2. The molecule has 0 unspecified atom stereocenters. The molecule has 0 aliphatic rings. The summed E-state index contributed by atoms with van der Waals surface area (Å²) >= 11 is 1.70. The van der Waals surface area contributed by atoms with Crippen LogP contribution in [0.1, 0.15) is 5.69 Å². The van der Waals surface area contributed by atoms with Gasteiger partial charge in [0.2, 0.25) is 5.88 Å². The first-order chi connectivity index (χ1) is 8.23. The largest absolute Gasteiger partial charge is 0.574 e. The van der Waals surface area contributed by atoms with Crippen LogP contribution in [0.3, 0.4) is 0 Å². The molecular weight excluding hydrogens is 370 g/mol. The highest BCUT2D eigenvalue weighted by Gasteiger charge is 2.32. The monoisotopic (exact) mass is 377 g/mol. The molecule has 0 bridgehead atoms. The molecule has 0 fully saturated rings. The van der Waals surface area contributed by atoms with Gasteiger partial charge in [0.15, 0.2) is 5.75 Å². The van der Waals surface area contributed by atoms with Crippen molar-refractivity contribution in [3.8, 4) is 11.6 Å². The fourth-order valence-electron chi connectivity index (χ4n) is 1.18. The second kappa shape index (κ2) is 5.59. The van der Waals surface area contributed by atoms with Crippen molar-refractivity contribution >= 4 is 28.6 Å². The molecule has 1 heterocycles. The number of aromatic nitrogens is 1. The molecule has 18 heavy (non-hydrogen) atoms. The Morgan fingerprint density at radius 2 is 2.17 bits per heavy atom. The van der Waals surface area contributed by atoms with Gasteiger partial charge in [0, 0.05) is 6.07 Å². The first-order valence-corrected chi connectivity index (χ1v) is 5.51. The Hall–Kier alpha value is -1.26. The van der Waals surface area contributed by atoms with Crippen LogP contribution in [-0.2, 0) is 11.2 Å². The molecular formula is C9H7F3INO4. The van der Waals surface area contributed by atoms with E-state index < -0.39 is 24.6 Å². The number of aliphatic carboxylic acids is 1. The van der Waals surface area contributed by atoms with E-state index in [1.54, 1.807) is 22.6 Å². The predicted molar refractivity (Wildman–Crippen MR) is 61.5 cm³/mol. The predicted octanol–water partition coefficient (Wildman–Crippen LogP) is 2.22. The van der Waals surface area contributed by atoms with Crippen molar-refractivity contribution in [3.05, 3.63) is 15.3 Å². The van der Waals surface area contributed by atoms with Gasteiger partial charge in [0.25, 0.3) is 0 Å². The Kier molecular flexibility index (Phi) is 4.59. The lowest BCUT2D eigenvalue weighted by Gasteiger charge is -2.12. The zero-order chi connectivity index (χ0) is 13.9. The van der Waals surface area contributed by atoms with Crippen LogP contribution >= 0.6 is 22.6 Å². The number of carboxylic acids is 1. The molecule has 9 heteroatoms. The molecule has 0 aliphatic heterocycles. The molecule has 0 amide bonds. The highest BCUT2D eigenvalue weighted by atomic mass is 127. The molecule has 1 rings (SSSR count). The average molecular weight is 377 g/mol. The number of carbonyl (C=O) groups is 1. The van der Waals surface area contributed by atoms with Crippen LogP contribution in [0.5, 0.6) is 11.6 Å². The summed E-state index contributed by atoms with van der Waals surface area (Å²) in [6.07, 6.45) is -5.45. The molecule has 0 saturated heterocycles. The molecule has 0 radical (unpaired) electrons. The van der Waals surface area contributed by atoms with Crippen LogP contribution in [0, 0.1) is 3.57 Å². The third kappa shape index (κ3) is 4.20. The minimum atomic E-state index is -4.88. The van der Waals surface area contributed by atoms with Crippen molar-refractivity contribution < 1.29 is 32.5 Å². The van der Waals surface area contributed by atoms with Gasteiger partial charge in [0.1, 0.15) is 0 Å². The van der Waals surface area contributed by atoms with Crippen LogP contribution < -0.4 is 9.47 Å². The number of nitrogens with zero attached hydrogens (tertiary/aromatic N) is 1. The van der Waals surface area contributed by atoms with Gasteiger partial charge in [-0.15, -0.1) is 13.2 Å². The summed E-state index contributed by atoms with van der Waals surface area (Å²) in [4.78, 5) is 14.1. The van der Waals surface area contributed by atoms with Gasteiger partial charge in [-0.25, -0.2) is 4.98 Å². The minimum absolute atomic E-state index is 0.118. The second-order valence-corrected chi connectivity index (χ2v) is 4.20. The van der Waals surface area contributed by atoms with Gasteiger partial charge in [0.05, 0.1) is 22.8 Å². The van der Waals surface area contributed by atoms with Crippen molar-refractivity contribution in [1.29, 1.82) is 0 Å². The standard InChI is InChI=1S/C9H7F3INO4/c1-17-8-4(13)2-6(18-9(10,11)12)14-5(8)3-7(15)16/h2H,3H2,1H3,(H,15,16). The van der Waals surface area contributed by atoms with Gasteiger partial charge in [-0.05, 0) is 22.6 Å². The fraction of sp³-hybridized carbons (Fsp3) is 0.333. The Labute approximate surface area is 113 Å². The smallest absolute Gasteiger partial charge is 0.494 e. The number of hydrogen-bond donors (Lipinski definition) is 1. The highest BCUT2D eigenvalue weighted by molar-refractivity contribution is 14.1. The molecule has 100 valence electrons. The lowest BCUT2D eigenvalue weighted by Crippen LogP contribution is -2.19. The summed E-state index contributed by atoms with van der Waals surface area (Å²) in [7, 11) is 1.27. The summed E-state index contributed by atoms with van der Waals surface area (Å²) < 4.78 is 44.9. The summed E-state index contributed by atoms with van der Waals surface area (Å²) in [5.74, 6) is -1.84. The third-order valence-electron chi connectivity index (χ3n) is 1.72. The number of methoxy groups -OCH3 is 1. The molecule has 1 aromatic heterocycles. The third-order valence-corrected chi connectivity index (χ3v) is 2.52. The maximum absolute atomic E-state index is 12.0. The number of carboxylic acid groups (broad SMARTS) is 1. The van der Waals surface area contributed by atoms with E-state index in [1.165, 1.54) is 7.11 Å². The number of alkyl halides is 3. The van der Waals surface area contributed by atoms with Gasteiger partial charge in [-0.1, -0.05) is 0 Å². The van der Waals surface area contributed by atoms with Crippen molar-refractivity contribution in [2.24, 2.45) is 0 Å². The molecule has 0 aromatic carbocycles. The summed E-state index contributed by atoms with van der Waals surface area (Å²) in [5, 5.41) is 8.64.